The lowest BCUT2D eigenvalue weighted by atomic mass is 10.2. The Labute approximate surface area is 146 Å². The van der Waals surface area contributed by atoms with E-state index < -0.39 is 0 Å². The van der Waals surface area contributed by atoms with Crippen LogP contribution in [0.3, 0.4) is 0 Å². The Morgan fingerprint density at radius 2 is 1.67 bits per heavy atom. The molecule has 0 spiro atoms. The van der Waals surface area contributed by atoms with Crippen LogP contribution in [0.25, 0.3) is 0 Å². The highest BCUT2D eigenvalue weighted by Crippen LogP contribution is 2.14. The van der Waals surface area contributed by atoms with Crippen molar-refractivity contribution in [2.24, 2.45) is 0 Å². The van der Waals surface area contributed by atoms with E-state index in [-0.39, 0.29) is 18.4 Å². The van der Waals surface area contributed by atoms with Gasteiger partial charge in [-0.1, -0.05) is 41.9 Å². The molecule has 0 aliphatic rings. The maximum Gasteiger partial charge on any atom is 0.253 e. The van der Waals surface area contributed by atoms with Gasteiger partial charge in [0.05, 0.1) is 23.7 Å². The Bertz CT molecular complexity index is 677. The summed E-state index contributed by atoms with van der Waals surface area (Å²) in [6.45, 7) is 0.896. The van der Waals surface area contributed by atoms with Gasteiger partial charge < -0.3 is 15.4 Å². The number of nitrogens with one attached hydrogen (secondary N) is 2. The maximum absolute atomic E-state index is 11.9. The van der Waals surface area contributed by atoms with E-state index in [1.54, 1.807) is 24.3 Å². The summed E-state index contributed by atoms with van der Waals surface area (Å²) in [6, 6.07) is 16.2. The number of hydrogen-bond acceptors (Lipinski definition) is 3. The highest BCUT2D eigenvalue weighted by molar-refractivity contribution is 6.33. The summed E-state index contributed by atoms with van der Waals surface area (Å²) in [6.07, 6.45) is 0.680. The van der Waals surface area contributed by atoms with Crippen molar-refractivity contribution in [3.05, 3.63) is 65.2 Å². The quantitative estimate of drug-likeness (QED) is 0.722. The Hall–Kier alpha value is -2.53. The second kappa shape index (κ2) is 9.57. The fourth-order valence-corrected chi connectivity index (χ4v) is 2.19. The van der Waals surface area contributed by atoms with Crippen LogP contribution in [0, 0.1) is 0 Å². The number of halogens is 1. The van der Waals surface area contributed by atoms with Crippen LogP contribution >= 0.6 is 11.6 Å². The summed E-state index contributed by atoms with van der Waals surface area (Å²) in [5.41, 5.74) is 0.350. The van der Waals surface area contributed by atoms with Crippen LogP contribution in [0.2, 0.25) is 5.02 Å². The molecular formula is C18H19ClN2O3. The monoisotopic (exact) mass is 346 g/mol. The number of benzene rings is 2. The average Bonchev–Trinajstić information content (AvgIpc) is 2.60. The molecule has 0 unspecified atom stereocenters. The zero-order valence-corrected chi connectivity index (χ0v) is 13.9. The van der Waals surface area contributed by atoms with Gasteiger partial charge in [-0.3, -0.25) is 9.59 Å². The standard InChI is InChI=1S/C18H19ClN2O3/c19-16-10-5-4-9-15(16)18(23)21-13-17(22)20-11-6-12-24-14-7-2-1-3-8-14/h1-5,7-10H,6,11-13H2,(H,20,22)(H,21,23). The number of amides is 2. The number of carbonyl (C=O) groups excluding carboxylic acids is 2. The van der Waals surface area contributed by atoms with Crippen molar-refractivity contribution in [2.45, 2.75) is 6.42 Å². The summed E-state index contributed by atoms with van der Waals surface area (Å²) >= 11 is 5.93. The fourth-order valence-electron chi connectivity index (χ4n) is 1.97. The normalized spacial score (nSPS) is 10.0. The minimum absolute atomic E-state index is 0.0937. The van der Waals surface area contributed by atoms with Gasteiger partial charge >= 0.3 is 0 Å². The zero-order valence-electron chi connectivity index (χ0n) is 13.1. The highest BCUT2D eigenvalue weighted by Gasteiger charge is 2.10. The fraction of sp³-hybridized carbons (Fsp3) is 0.222. The molecule has 24 heavy (non-hydrogen) atoms. The lowest BCUT2D eigenvalue weighted by Crippen LogP contribution is -2.37. The van der Waals surface area contributed by atoms with Crippen molar-refractivity contribution in [1.82, 2.24) is 10.6 Å². The van der Waals surface area contributed by atoms with E-state index in [4.69, 9.17) is 16.3 Å². The van der Waals surface area contributed by atoms with Crippen LogP contribution in [0.1, 0.15) is 16.8 Å². The van der Waals surface area contributed by atoms with Gasteiger partial charge in [0.1, 0.15) is 5.75 Å². The summed E-state index contributed by atoms with van der Waals surface area (Å²) in [7, 11) is 0. The molecule has 2 amide bonds. The molecule has 2 N–H and O–H groups in total. The van der Waals surface area contributed by atoms with E-state index in [0.717, 1.165) is 5.75 Å². The maximum atomic E-state index is 11.9. The van der Waals surface area contributed by atoms with Crippen LogP contribution in [-0.2, 0) is 4.79 Å². The third kappa shape index (κ3) is 5.93. The van der Waals surface area contributed by atoms with Crippen molar-refractivity contribution in [3.63, 3.8) is 0 Å². The molecule has 0 aliphatic carbocycles. The van der Waals surface area contributed by atoms with Gasteiger partial charge in [-0.05, 0) is 30.7 Å². The molecule has 0 heterocycles. The number of ether oxygens (including phenoxy) is 1. The molecule has 6 heteroatoms. The van der Waals surface area contributed by atoms with E-state index >= 15 is 0 Å². The van der Waals surface area contributed by atoms with Crippen LogP contribution in [0.5, 0.6) is 5.75 Å². The van der Waals surface area contributed by atoms with Crippen molar-refractivity contribution < 1.29 is 14.3 Å². The first-order chi connectivity index (χ1) is 11.7. The predicted octanol–water partition coefficient (Wildman–Crippen LogP) is 2.66. The third-order valence-electron chi connectivity index (χ3n) is 3.18. The second-order valence-corrected chi connectivity index (χ2v) is 5.43. The molecule has 0 saturated carbocycles. The van der Waals surface area contributed by atoms with E-state index in [1.807, 2.05) is 30.3 Å². The molecule has 0 saturated heterocycles. The van der Waals surface area contributed by atoms with Gasteiger partial charge in [0.2, 0.25) is 5.91 Å². The van der Waals surface area contributed by atoms with Crippen LogP contribution in [0.4, 0.5) is 0 Å². The molecular weight excluding hydrogens is 328 g/mol. The van der Waals surface area contributed by atoms with Crippen molar-refractivity contribution in [1.29, 1.82) is 0 Å². The molecule has 2 aromatic rings. The van der Waals surface area contributed by atoms with Gasteiger partial charge in [-0.2, -0.15) is 0 Å². The Morgan fingerprint density at radius 3 is 2.42 bits per heavy atom. The average molecular weight is 347 g/mol. The van der Waals surface area contributed by atoms with Crippen molar-refractivity contribution >= 4 is 23.4 Å². The summed E-state index contributed by atoms with van der Waals surface area (Å²) in [5.74, 6) is 0.175. The molecule has 126 valence electrons. The zero-order chi connectivity index (χ0) is 17.2. The van der Waals surface area contributed by atoms with Crippen LogP contribution in [-0.4, -0.2) is 31.5 Å². The third-order valence-corrected chi connectivity index (χ3v) is 3.51. The van der Waals surface area contributed by atoms with Crippen LogP contribution in [0.15, 0.2) is 54.6 Å². The molecule has 2 rings (SSSR count). The van der Waals surface area contributed by atoms with E-state index in [9.17, 15) is 9.59 Å². The molecule has 0 aromatic heterocycles. The number of carbonyl (C=O) groups is 2. The minimum Gasteiger partial charge on any atom is -0.494 e. The minimum atomic E-state index is -0.372. The Morgan fingerprint density at radius 1 is 0.958 bits per heavy atom. The Kier molecular flexibility index (Phi) is 7.11. The molecule has 0 radical (unpaired) electrons. The van der Waals surface area contributed by atoms with Crippen molar-refractivity contribution in [3.8, 4) is 5.75 Å². The van der Waals surface area contributed by atoms with Gasteiger partial charge in [0.15, 0.2) is 0 Å². The van der Waals surface area contributed by atoms with Gasteiger partial charge in [-0.25, -0.2) is 0 Å². The van der Waals surface area contributed by atoms with Gasteiger partial charge in [0.25, 0.3) is 5.91 Å². The summed E-state index contributed by atoms with van der Waals surface area (Å²) in [5, 5.41) is 5.62. The van der Waals surface area contributed by atoms with Gasteiger partial charge in [0, 0.05) is 6.54 Å². The highest BCUT2D eigenvalue weighted by atomic mass is 35.5. The molecule has 0 fully saturated rings. The summed E-state index contributed by atoms with van der Waals surface area (Å²) in [4.78, 5) is 23.6. The molecule has 5 nitrogen and oxygen atoms in total. The SMILES string of the molecule is O=C(CNC(=O)c1ccccc1Cl)NCCCOc1ccccc1. The largest absolute Gasteiger partial charge is 0.494 e. The van der Waals surface area contributed by atoms with E-state index in [0.29, 0.717) is 30.2 Å². The van der Waals surface area contributed by atoms with Gasteiger partial charge in [-0.15, -0.1) is 0 Å². The predicted molar refractivity (Wildman–Crippen MR) is 93.3 cm³/mol. The first-order valence-electron chi connectivity index (χ1n) is 7.64. The lowest BCUT2D eigenvalue weighted by molar-refractivity contribution is -0.120. The molecule has 2 aromatic carbocycles. The van der Waals surface area contributed by atoms with Crippen LogP contribution < -0.4 is 15.4 Å². The van der Waals surface area contributed by atoms with E-state index in [2.05, 4.69) is 10.6 Å². The number of rotatable bonds is 8. The lowest BCUT2D eigenvalue weighted by Gasteiger charge is -2.09. The topological polar surface area (TPSA) is 67.4 Å². The molecule has 0 aliphatic heterocycles. The first kappa shape index (κ1) is 17.8. The van der Waals surface area contributed by atoms with Crippen molar-refractivity contribution in [2.75, 3.05) is 19.7 Å². The number of para-hydroxylation sites is 1. The smallest absolute Gasteiger partial charge is 0.253 e. The molecule has 0 bridgehead atoms. The Balaban J connectivity index is 1.60. The molecule has 0 atom stereocenters. The summed E-state index contributed by atoms with van der Waals surface area (Å²) < 4.78 is 5.52. The first-order valence-corrected chi connectivity index (χ1v) is 8.02. The van der Waals surface area contributed by atoms with E-state index in [1.165, 1.54) is 0 Å². The number of hydrogen-bond donors (Lipinski definition) is 2. The second-order valence-electron chi connectivity index (χ2n) is 5.03.